The van der Waals surface area contributed by atoms with Gasteiger partial charge < -0.3 is 24.0 Å². The van der Waals surface area contributed by atoms with Crippen LogP contribution in [0, 0.1) is 0 Å². The zero-order valence-electron chi connectivity index (χ0n) is 23.6. The molecule has 1 aliphatic heterocycles. The Bertz CT molecular complexity index is 1110. The van der Waals surface area contributed by atoms with Crippen molar-refractivity contribution in [2.45, 2.75) is 78.4 Å². The van der Waals surface area contributed by atoms with E-state index in [4.69, 9.17) is 19.3 Å². The highest BCUT2D eigenvalue weighted by Crippen LogP contribution is 2.28. The van der Waals surface area contributed by atoms with Crippen molar-refractivity contribution in [3.8, 4) is 17.1 Å². The fourth-order valence-electron chi connectivity index (χ4n) is 4.13. The lowest BCUT2D eigenvalue weighted by Gasteiger charge is -2.26. The summed E-state index contributed by atoms with van der Waals surface area (Å²) in [6.45, 7) is 11.8. The van der Waals surface area contributed by atoms with E-state index >= 15 is 0 Å². The summed E-state index contributed by atoms with van der Waals surface area (Å²) in [5.74, 6) is 0.516. The number of carbonyl (C=O) groups is 1. The molecule has 0 aromatic carbocycles. The van der Waals surface area contributed by atoms with Crippen LogP contribution in [0.15, 0.2) is 23.1 Å². The van der Waals surface area contributed by atoms with Gasteiger partial charge in [0.15, 0.2) is 5.88 Å². The minimum absolute atomic E-state index is 0.0397. The lowest BCUT2D eigenvalue weighted by atomic mass is 10.1. The van der Waals surface area contributed by atoms with Gasteiger partial charge in [0.25, 0.3) is 5.56 Å². The van der Waals surface area contributed by atoms with Gasteiger partial charge in [-0.05, 0) is 73.1 Å². The number of ether oxygens (including phenoxy) is 3. The monoisotopic (exact) mass is 517 g/mol. The molecule has 1 atom stereocenters. The first-order valence-corrected chi connectivity index (χ1v) is 13.0. The van der Waals surface area contributed by atoms with Gasteiger partial charge in [0.1, 0.15) is 17.5 Å². The quantitative estimate of drug-likeness (QED) is 0.496. The van der Waals surface area contributed by atoms with E-state index in [1.165, 1.54) is 4.57 Å². The Labute approximate surface area is 220 Å². The normalized spacial score (nSPS) is 16.3. The molecule has 1 amide bonds. The summed E-state index contributed by atoms with van der Waals surface area (Å²) >= 11 is 0. The Hall–Kier alpha value is -2.85. The van der Waals surface area contributed by atoms with Crippen molar-refractivity contribution < 1.29 is 19.0 Å². The number of nitrogens with zero attached hydrogens (tertiary/aromatic N) is 5. The van der Waals surface area contributed by atoms with Crippen LogP contribution in [0.25, 0.3) is 11.3 Å². The Morgan fingerprint density at radius 1 is 1.22 bits per heavy atom. The van der Waals surface area contributed by atoms with Crippen molar-refractivity contribution in [2.24, 2.45) is 7.05 Å². The van der Waals surface area contributed by atoms with Gasteiger partial charge >= 0.3 is 6.09 Å². The summed E-state index contributed by atoms with van der Waals surface area (Å²) in [5.41, 5.74) is 1.37. The lowest BCUT2D eigenvalue weighted by molar-refractivity contribution is -0.0394. The predicted molar refractivity (Wildman–Crippen MR) is 143 cm³/mol. The van der Waals surface area contributed by atoms with E-state index in [9.17, 15) is 9.59 Å². The van der Waals surface area contributed by atoms with E-state index in [-0.39, 0.29) is 24.0 Å². The number of hydrogen-bond acceptors (Lipinski definition) is 7. The molecule has 37 heavy (non-hydrogen) atoms. The molecular formula is C27H43N5O5. The molecule has 1 unspecified atom stereocenters. The Kier molecular flexibility index (Phi) is 9.41. The summed E-state index contributed by atoms with van der Waals surface area (Å²) in [6.07, 6.45) is 4.46. The second-order valence-corrected chi connectivity index (χ2v) is 11.1. The molecular weight excluding hydrogens is 474 g/mol. The molecule has 2 aromatic rings. The van der Waals surface area contributed by atoms with Crippen molar-refractivity contribution in [1.29, 1.82) is 0 Å². The van der Waals surface area contributed by atoms with Crippen LogP contribution in [-0.4, -0.2) is 75.7 Å². The summed E-state index contributed by atoms with van der Waals surface area (Å²) in [4.78, 5) is 29.3. The maximum atomic E-state index is 13.3. The Balaban J connectivity index is 1.83. The first-order valence-electron chi connectivity index (χ1n) is 13.0. The molecule has 1 fully saturated rings. The average Bonchev–Trinajstić information content (AvgIpc) is 3.23. The maximum absolute atomic E-state index is 13.3. The standard InChI is InChI=1S/C27H43N5O5/c1-19(2)36-22-13-12-21(25(33)31(22)8)24-20(18-32(28-24)23-11-9-10-16-35-23)17-29(6)14-15-30(7)26(34)37-27(3,4)5/h12-13,18-19,23H,9-11,14-17H2,1-8H3. The summed E-state index contributed by atoms with van der Waals surface area (Å²) < 4.78 is 20.6. The SMILES string of the molecule is CC(C)Oc1ccc(-c2nn(C3CCCCO3)cc2CN(C)CCN(C)C(=O)OC(C)(C)C)c(=O)n1C. The minimum atomic E-state index is -0.538. The molecule has 0 spiro atoms. The van der Waals surface area contributed by atoms with Gasteiger partial charge in [0.05, 0.1) is 11.7 Å². The molecule has 0 aliphatic carbocycles. The third-order valence-corrected chi connectivity index (χ3v) is 6.09. The number of pyridine rings is 1. The molecule has 10 nitrogen and oxygen atoms in total. The molecule has 206 valence electrons. The van der Waals surface area contributed by atoms with E-state index in [0.29, 0.717) is 43.4 Å². The first-order chi connectivity index (χ1) is 17.4. The molecule has 1 aliphatic rings. The summed E-state index contributed by atoms with van der Waals surface area (Å²) in [5, 5.41) is 4.84. The molecule has 0 saturated carbocycles. The Morgan fingerprint density at radius 2 is 1.95 bits per heavy atom. The topological polar surface area (TPSA) is 91.1 Å². The fourth-order valence-corrected chi connectivity index (χ4v) is 4.13. The van der Waals surface area contributed by atoms with Crippen molar-refractivity contribution in [2.75, 3.05) is 33.8 Å². The number of rotatable bonds is 9. The number of aromatic nitrogens is 3. The van der Waals surface area contributed by atoms with Gasteiger partial charge in [-0.15, -0.1) is 0 Å². The highest BCUT2D eigenvalue weighted by molar-refractivity contribution is 5.67. The van der Waals surface area contributed by atoms with E-state index in [0.717, 1.165) is 24.8 Å². The van der Waals surface area contributed by atoms with E-state index in [1.54, 1.807) is 25.1 Å². The highest BCUT2D eigenvalue weighted by Gasteiger charge is 2.24. The van der Waals surface area contributed by atoms with Crippen LogP contribution in [0.2, 0.25) is 0 Å². The minimum Gasteiger partial charge on any atom is -0.476 e. The number of likely N-dealkylation sites (N-methyl/N-ethyl adjacent to an activating group) is 2. The second-order valence-electron chi connectivity index (χ2n) is 11.1. The van der Waals surface area contributed by atoms with E-state index in [1.807, 2.05) is 58.6 Å². The van der Waals surface area contributed by atoms with Gasteiger partial charge in [0.2, 0.25) is 0 Å². The van der Waals surface area contributed by atoms with Crippen LogP contribution in [0.5, 0.6) is 5.88 Å². The first kappa shape index (κ1) is 28.7. The van der Waals surface area contributed by atoms with Crippen molar-refractivity contribution in [3.05, 3.63) is 34.2 Å². The van der Waals surface area contributed by atoms with Crippen molar-refractivity contribution >= 4 is 6.09 Å². The average molecular weight is 518 g/mol. The zero-order valence-corrected chi connectivity index (χ0v) is 23.6. The van der Waals surface area contributed by atoms with Gasteiger partial charge in [-0.25, -0.2) is 9.48 Å². The van der Waals surface area contributed by atoms with Crippen LogP contribution in [-0.2, 0) is 23.1 Å². The molecule has 0 N–H and O–H groups in total. The Morgan fingerprint density at radius 3 is 2.57 bits per heavy atom. The maximum Gasteiger partial charge on any atom is 0.410 e. The summed E-state index contributed by atoms with van der Waals surface area (Å²) in [7, 11) is 5.43. The van der Waals surface area contributed by atoms with Gasteiger partial charge in [0, 0.05) is 52.1 Å². The van der Waals surface area contributed by atoms with Gasteiger partial charge in [-0.3, -0.25) is 9.36 Å². The van der Waals surface area contributed by atoms with Crippen molar-refractivity contribution in [1.82, 2.24) is 24.1 Å². The number of amides is 1. The molecule has 0 bridgehead atoms. The molecule has 3 rings (SSSR count). The van der Waals surface area contributed by atoms with Crippen molar-refractivity contribution in [3.63, 3.8) is 0 Å². The number of carbonyl (C=O) groups excluding carboxylic acids is 1. The predicted octanol–water partition coefficient (Wildman–Crippen LogP) is 4.03. The molecule has 0 radical (unpaired) electrons. The number of hydrogen-bond donors (Lipinski definition) is 0. The summed E-state index contributed by atoms with van der Waals surface area (Å²) in [6, 6.07) is 3.60. The third kappa shape index (κ3) is 7.82. The van der Waals surface area contributed by atoms with Crippen LogP contribution in [0.3, 0.4) is 0 Å². The van der Waals surface area contributed by atoms with Gasteiger partial charge in [-0.2, -0.15) is 5.10 Å². The highest BCUT2D eigenvalue weighted by atomic mass is 16.6. The zero-order chi connectivity index (χ0) is 27.3. The third-order valence-electron chi connectivity index (χ3n) is 6.09. The van der Waals surface area contributed by atoms with Gasteiger partial charge in [-0.1, -0.05) is 0 Å². The molecule has 2 aromatic heterocycles. The van der Waals surface area contributed by atoms with E-state index in [2.05, 4.69) is 4.90 Å². The van der Waals surface area contributed by atoms with Crippen LogP contribution in [0.1, 0.15) is 65.7 Å². The van der Waals surface area contributed by atoms with Crippen LogP contribution >= 0.6 is 0 Å². The molecule has 10 heteroatoms. The van der Waals surface area contributed by atoms with E-state index < -0.39 is 5.60 Å². The molecule has 1 saturated heterocycles. The molecule has 3 heterocycles. The van der Waals surface area contributed by atoms with Crippen LogP contribution < -0.4 is 10.3 Å². The van der Waals surface area contributed by atoms with Crippen LogP contribution in [0.4, 0.5) is 4.79 Å². The fraction of sp³-hybridized carbons (Fsp3) is 0.667. The largest absolute Gasteiger partial charge is 0.476 e. The smallest absolute Gasteiger partial charge is 0.410 e. The second kappa shape index (κ2) is 12.1. The lowest BCUT2D eigenvalue weighted by Crippen LogP contribution is -2.38.